The Balaban J connectivity index is 1.57. The molecular formula is C23H31N. The monoisotopic (exact) mass is 321 g/mol. The van der Waals surface area contributed by atoms with E-state index in [9.17, 15) is 0 Å². The maximum Gasteiger partial charge on any atom is 0.0397 e. The molecule has 0 radical (unpaired) electrons. The molecule has 0 spiro atoms. The highest BCUT2D eigenvalue weighted by molar-refractivity contribution is 5.70. The molecule has 2 aliphatic carbocycles. The quantitative estimate of drug-likeness (QED) is 0.663. The average molecular weight is 322 g/mol. The van der Waals surface area contributed by atoms with Crippen molar-refractivity contribution in [3.05, 3.63) is 64.9 Å². The molecule has 0 saturated heterocycles. The number of hydrogen-bond donors (Lipinski definition) is 1. The Hall–Kier alpha value is -1.76. The van der Waals surface area contributed by atoms with E-state index in [-0.39, 0.29) is 0 Å². The van der Waals surface area contributed by atoms with Crippen LogP contribution in [0.1, 0.15) is 69.9 Å². The smallest absolute Gasteiger partial charge is 0.0397 e. The van der Waals surface area contributed by atoms with E-state index in [0.717, 1.165) is 6.54 Å². The second kappa shape index (κ2) is 7.88. The van der Waals surface area contributed by atoms with Gasteiger partial charge in [0.2, 0.25) is 0 Å². The van der Waals surface area contributed by atoms with Crippen LogP contribution in [0, 0.1) is 5.92 Å². The van der Waals surface area contributed by atoms with Crippen LogP contribution in [0.25, 0.3) is 5.57 Å². The standard InChI is InChI=1S/C23H31N/c1-17-9-12-23(15-18(17)2)22-13-10-20(11-14-22)16-24-19(3)21-7-5-4-6-8-21/h10-11,13-15,21,24H,3-9,12,16H2,1-2H3. The van der Waals surface area contributed by atoms with Crippen LogP contribution in [0.3, 0.4) is 0 Å². The third-order valence-corrected chi connectivity index (χ3v) is 5.78. The summed E-state index contributed by atoms with van der Waals surface area (Å²) >= 11 is 0. The van der Waals surface area contributed by atoms with Crippen LogP contribution in [-0.4, -0.2) is 0 Å². The van der Waals surface area contributed by atoms with Crippen molar-refractivity contribution in [2.24, 2.45) is 5.92 Å². The number of benzene rings is 1. The fourth-order valence-corrected chi connectivity index (χ4v) is 3.85. The molecule has 0 amide bonds. The Labute approximate surface area is 147 Å². The van der Waals surface area contributed by atoms with Crippen LogP contribution in [0.2, 0.25) is 0 Å². The van der Waals surface area contributed by atoms with Crippen molar-refractivity contribution in [3.63, 3.8) is 0 Å². The Morgan fingerprint density at radius 2 is 1.75 bits per heavy atom. The van der Waals surface area contributed by atoms with Crippen molar-refractivity contribution in [2.45, 2.75) is 65.3 Å². The van der Waals surface area contributed by atoms with Gasteiger partial charge in [-0.2, -0.15) is 0 Å². The number of rotatable bonds is 5. The number of allylic oxidation sites excluding steroid dienone is 5. The topological polar surface area (TPSA) is 12.0 Å². The van der Waals surface area contributed by atoms with Gasteiger partial charge in [0.05, 0.1) is 0 Å². The summed E-state index contributed by atoms with van der Waals surface area (Å²) in [6, 6.07) is 9.08. The van der Waals surface area contributed by atoms with Gasteiger partial charge in [0.25, 0.3) is 0 Å². The summed E-state index contributed by atoms with van der Waals surface area (Å²) in [5, 5.41) is 3.56. The van der Waals surface area contributed by atoms with E-state index in [4.69, 9.17) is 0 Å². The molecule has 1 aromatic carbocycles. The van der Waals surface area contributed by atoms with Crippen LogP contribution < -0.4 is 5.32 Å². The molecule has 128 valence electrons. The summed E-state index contributed by atoms with van der Waals surface area (Å²) in [6.45, 7) is 9.64. The highest BCUT2D eigenvalue weighted by atomic mass is 14.9. The molecule has 2 aliphatic rings. The zero-order valence-electron chi connectivity index (χ0n) is 15.3. The number of hydrogen-bond acceptors (Lipinski definition) is 1. The molecular weight excluding hydrogens is 290 g/mol. The van der Waals surface area contributed by atoms with Crippen LogP contribution in [0.5, 0.6) is 0 Å². The molecule has 0 aromatic heterocycles. The Morgan fingerprint density at radius 1 is 1.04 bits per heavy atom. The molecule has 1 fully saturated rings. The van der Waals surface area contributed by atoms with E-state index in [1.54, 1.807) is 0 Å². The van der Waals surface area contributed by atoms with Gasteiger partial charge in [0, 0.05) is 12.2 Å². The molecule has 1 nitrogen and oxygen atoms in total. The van der Waals surface area contributed by atoms with E-state index in [1.165, 1.54) is 78.5 Å². The third-order valence-electron chi connectivity index (χ3n) is 5.78. The summed E-state index contributed by atoms with van der Waals surface area (Å²) in [6.07, 6.45) is 11.5. The minimum absolute atomic E-state index is 0.684. The Kier molecular flexibility index (Phi) is 5.60. The molecule has 0 bridgehead atoms. The molecule has 1 aromatic rings. The first-order chi connectivity index (χ1) is 11.6. The van der Waals surface area contributed by atoms with Gasteiger partial charge < -0.3 is 5.32 Å². The molecule has 3 rings (SSSR count). The molecule has 0 unspecified atom stereocenters. The fourth-order valence-electron chi connectivity index (χ4n) is 3.85. The van der Waals surface area contributed by atoms with Gasteiger partial charge in [-0.25, -0.2) is 0 Å². The maximum absolute atomic E-state index is 4.27. The second-order valence-electron chi connectivity index (χ2n) is 7.54. The maximum atomic E-state index is 4.27. The first-order valence-corrected chi connectivity index (χ1v) is 9.52. The summed E-state index contributed by atoms with van der Waals surface area (Å²) in [7, 11) is 0. The summed E-state index contributed by atoms with van der Waals surface area (Å²) in [4.78, 5) is 0. The predicted octanol–water partition coefficient (Wildman–Crippen LogP) is 6.38. The van der Waals surface area contributed by atoms with Crippen molar-refractivity contribution >= 4 is 5.57 Å². The lowest BCUT2D eigenvalue weighted by Crippen LogP contribution is -2.21. The average Bonchev–Trinajstić information content (AvgIpc) is 2.63. The molecule has 0 aliphatic heterocycles. The first-order valence-electron chi connectivity index (χ1n) is 9.52. The van der Waals surface area contributed by atoms with Crippen LogP contribution >= 0.6 is 0 Å². The van der Waals surface area contributed by atoms with E-state index in [2.05, 4.69) is 56.1 Å². The lowest BCUT2D eigenvalue weighted by molar-refractivity contribution is 0.386. The molecule has 1 heteroatoms. The van der Waals surface area contributed by atoms with Crippen LogP contribution in [0.15, 0.2) is 53.8 Å². The number of nitrogens with one attached hydrogen (secondary N) is 1. The highest BCUT2D eigenvalue weighted by Crippen LogP contribution is 2.30. The second-order valence-corrected chi connectivity index (χ2v) is 7.54. The van der Waals surface area contributed by atoms with Crippen molar-refractivity contribution in [3.8, 4) is 0 Å². The van der Waals surface area contributed by atoms with Crippen molar-refractivity contribution in [1.29, 1.82) is 0 Å². The van der Waals surface area contributed by atoms with Crippen LogP contribution in [-0.2, 0) is 6.54 Å². The first kappa shape index (κ1) is 17.1. The predicted molar refractivity (Wildman–Crippen MR) is 105 cm³/mol. The van der Waals surface area contributed by atoms with E-state index < -0.39 is 0 Å². The largest absolute Gasteiger partial charge is 0.385 e. The summed E-state index contributed by atoms with van der Waals surface area (Å²) in [5.41, 5.74) is 8.40. The molecule has 0 atom stereocenters. The molecule has 1 saturated carbocycles. The summed E-state index contributed by atoms with van der Waals surface area (Å²) in [5.74, 6) is 0.684. The minimum atomic E-state index is 0.684. The lowest BCUT2D eigenvalue weighted by Gasteiger charge is -2.24. The Bertz CT molecular complexity index is 639. The third kappa shape index (κ3) is 4.20. The minimum Gasteiger partial charge on any atom is -0.385 e. The van der Waals surface area contributed by atoms with E-state index >= 15 is 0 Å². The zero-order valence-corrected chi connectivity index (χ0v) is 15.3. The Morgan fingerprint density at radius 3 is 2.42 bits per heavy atom. The normalized spacial score (nSPS) is 19.2. The fraction of sp³-hybridized carbons (Fsp3) is 0.478. The molecule has 24 heavy (non-hydrogen) atoms. The summed E-state index contributed by atoms with van der Waals surface area (Å²) < 4.78 is 0. The van der Waals surface area contributed by atoms with Crippen LogP contribution in [0.4, 0.5) is 0 Å². The van der Waals surface area contributed by atoms with Crippen molar-refractivity contribution < 1.29 is 0 Å². The highest BCUT2D eigenvalue weighted by Gasteiger charge is 2.16. The van der Waals surface area contributed by atoms with Gasteiger partial charge >= 0.3 is 0 Å². The van der Waals surface area contributed by atoms with E-state index in [0.29, 0.717) is 5.92 Å². The molecule has 0 heterocycles. The lowest BCUT2D eigenvalue weighted by atomic mass is 9.87. The van der Waals surface area contributed by atoms with Gasteiger partial charge in [-0.15, -0.1) is 0 Å². The van der Waals surface area contributed by atoms with Gasteiger partial charge in [-0.05, 0) is 62.1 Å². The molecule has 1 N–H and O–H groups in total. The SMILES string of the molecule is C=C(NCc1ccc(C2=CC(C)=C(C)CC2)cc1)C1CCCCC1. The van der Waals surface area contributed by atoms with Gasteiger partial charge in [-0.1, -0.05) is 67.3 Å². The van der Waals surface area contributed by atoms with Gasteiger partial charge in [0.1, 0.15) is 0 Å². The van der Waals surface area contributed by atoms with Crippen molar-refractivity contribution in [1.82, 2.24) is 5.32 Å². The zero-order chi connectivity index (χ0) is 16.9. The van der Waals surface area contributed by atoms with Gasteiger partial charge in [-0.3, -0.25) is 0 Å². The van der Waals surface area contributed by atoms with Crippen molar-refractivity contribution in [2.75, 3.05) is 0 Å². The van der Waals surface area contributed by atoms with Gasteiger partial charge in [0.15, 0.2) is 0 Å². The van der Waals surface area contributed by atoms with E-state index in [1.807, 2.05) is 0 Å².